The second-order valence-corrected chi connectivity index (χ2v) is 8.44. The fourth-order valence-corrected chi connectivity index (χ4v) is 4.29. The number of aryl methyl sites for hydroxylation is 2. The van der Waals surface area contributed by atoms with Gasteiger partial charge >= 0.3 is 6.03 Å². The molecule has 0 radical (unpaired) electrons. The average Bonchev–Trinajstić information content (AvgIpc) is 3.34. The van der Waals surface area contributed by atoms with Gasteiger partial charge in [0.2, 0.25) is 0 Å². The van der Waals surface area contributed by atoms with E-state index in [0.29, 0.717) is 6.54 Å². The number of benzene rings is 1. The minimum atomic E-state index is -0.129. The largest absolute Gasteiger partial charge is 0.331 e. The van der Waals surface area contributed by atoms with Crippen LogP contribution in [0.3, 0.4) is 0 Å². The molecule has 2 heterocycles. The van der Waals surface area contributed by atoms with E-state index >= 15 is 0 Å². The van der Waals surface area contributed by atoms with Crippen molar-refractivity contribution in [1.82, 2.24) is 25.0 Å². The Bertz CT molecular complexity index is 949. The summed E-state index contributed by atoms with van der Waals surface area (Å²) in [7, 11) is 1.83. The quantitative estimate of drug-likeness (QED) is 0.612. The normalized spacial score (nSPS) is 13.1. The number of urea groups is 1. The van der Waals surface area contributed by atoms with Gasteiger partial charge in [-0.1, -0.05) is 37.3 Å². The van der Waals surface area contributed by atoms with E-state index in [1.165, 1.54) is 5.56 Å². The van der Waals surface area contributed by atoms with Crippen LogP contribution >= 0.6 is 11.3 Å². The molecule has 1 aromatic carbocycles. The first-order valence-corrected chi connectivity index (χ1v) is 10.8. The molecule has 2 aromatic heterocycles. The number of thiazole rings is 1. The van der Waals surface area contributed by atoms with Crippen LogP contribution in [0.4, 0.5) is 4.79 Å². The van der Waals surface area contributed by atoms with E-state index < -0.39 is 0 Å². The fraction of sp³-hybridized carbons (Fsp3) is 0.409. The van der Waals surface area contributed by atoms with Crippen molar-refractivity contribution in [1.29, 1.82) is 0 Å². The van der Waals surface area contributed by atoms with Gasteiger partial charge in [0, 0.05) is 23.7 Å². The van der Waals surface area contributed by atoms with Gasteiger partial charge in [0.15, 0.2) is 0 Å². The van der Waals surface area contributed by atoms with E-state index in [1.54, 1.807) is 16.2 Å². The Labute approximate surface area is 176 Å². The molecular formula is C22H29N5OS. The number of hydrogen-bond donors (Lipinski definition) is 1. The van der Waals surface area contributed by atoms with Crippen molar-refractivity contribution in [2.24, 2.45) is 0 Å². The van der Waals surface area contributed by atoms with Gasteiger partial charge in [-0.3, -0.25) is 4.68 Å². The lowest BCUT2D eigenvalue weighted by atomic mass is 10.2. The summed E-state index contributed by atoms with van der Waals surface area (Å²) in [6.45, 7) is 8.85. The summed E-state index contributed by atoms with van der Waals surface area (Å²) in [6.07, 6.45) is 4.72. The van der Waals surface area contributed by atoms with E-state index in [-0.39, 0.29) is 18.1 Å². The van der Waals surface area contributed by atoms with Gasteiger partial charge in [0.25, 0.3) is 0 Å². The van der Waals surface area contributed by atoms with Crippen LogP contribution in [-0.4, -0.2) is 32.7 Å². The lowest BCUT2D eigenvalue weighted by Gasteiger charge is -2.26. The maximum Gasteiger partial charge on any atom is 0.318 e. The lowest BCUT2D eigenvalue weighted by molar-refractivity contribution is 0.191. The van der Waals surface area contributed by atoms with Gasteiger partial charge in [-0.05, 0) is 32.8 Å². The fourth-order valence-electron chi connectivity index (χ4n) is 3.19. The summed E-state index contributed by atoms with van der Waals surface area (Å²) in [5.74, 6) is 0. The monoisotopic (exact) mass is 411 g/mol. The number of carbonyl (C=O) groups is 1. The number of aromatic nitrogens is 3. The number of carbonyl (C=O) groups excluding carboxylic acids is 1. The topological polar surface area (TPSA) is 63.1 Å². The highest BCUT2D eigenvalue weighted by Crippen LogP contribution is 2.29. The third kappa shape index (κ3) is 5.03. The minimum absolute atomic E-state index is 0.0270. The molecule has 3 rings (SSSR count). The van der Waals surface area contributed by atoms with E-state index in [9.17, 15) is 4.79 Å². The molecule has 2 amide bonds. The summed E-state index contributed by atoms with van der Waals surface area (Å²) in [6, 6.07) is 9.94. The molecule has 7 heteroatoms. The zero-order chi connectivity index (χ0) is 21.0. The summed E-state index contributed by atoms with van der Waals surface area (Å²) in [4.78, 5) is 20.3. The Hall–Kier alpha value is -2.67. The molecule has 29 heavy (non-hydrogen) atoms. The van der Waals surface area contributed by atoms with Crippen molar-refractivity contribution in [3.63, 3.8) is 0 Å². The van der Waals surface area contributed by atoms with E-state index in [0.717, 1.165) is 27.6 Å². The second kappa shape index (κ2) is 9.22. The average molecular weight is 412 g/mol. The molecule has 0 spiro atoms. The molecule has 6 nitrogen and oxygen atoms in total. The zero-order valence-electron chi connectivity index (χ0n) is 17.7. The third-order valence-corrected chi connectivity index (χ3v) is 6.61. The Morgan fingerprint density at radius 2 is 2.00 bits per heavy atom. The molecule has 0 aliphatic heterocycles. The van der Waals surface area contributed by atoms with Crippen molar-refractivity contribution in [3.05, 3.63) is 69.4 Å². The van der Waals surface area contributed by atoms with Crippen LogP contribution in [-0.2, 0) is 13.0 Å². The Kier molecular flexibility index (Phi) is 6.69. The van der Waals surface area contributed by atoms with Crippen LogP contribution < -0.4 is 5.32 Å². The maximum atomic E-state index is 12.8. The molecule has 0 unspecified atom stereocenters. The highest BCUT2D eigenvalue weighted by Gasteiger charge is 2.23. The van der Waals surface area contributed by atoms with Crippen LogP contribution in [0.25, 0.3) is 0 Å². The van der Waals surface area contributed by atoms with E-state index in [1.807, 2.05) is 63.1 Å². The van der Waals surface area contributed by atoms with Crippen LogP contribution in [0.5, 0.6) is 0 Å². The predicted octanol–water partition coefficient (Wildman–Crippen LogP) is 4.72. The standard InChI is InChI=1S/C22H29N5OS/c1-6-20-24-16(3)21(29-20)17(4)26(5)22(28)25-15(2)19-12-23-27(14-19)13-18-10-8-7-9-11-18/h7-12,14-15,17H,6,13H2,1-5H3,(H,25,28)/t15-,17+/m1/s1. The molecule has 0 saturated heterocycles. The second-order valence-electron chi connectivity index (χ2n) is 7.33. The number of nitrogens with zero attached hydrogens (tertiary/aromatic N) is 4. The molecule has 3 aromatic rings. The molecule has 154 valence electrons. The first-order valence-electron chi connectivity index (χ1n) is 9.94. The molecular weight excluding hydrogens is 382 g/mol. The van der Waals surface area contributed by atoms with Crippen LogP contribution in [0.15, 0.2) is 42.7 Å². The van der Waals surface area contributed by atoms with Crippen LogP contribution in [0.1, 0.15) is 59.6 Å². The number of amides is 2. The summed E-state index contributed by atoms with van der Waals surface area (Å²) in [5, 5.41) is 8.63. The van der Waals surface area contributed by atoms with Crippen LogP contribution in [0, 0.1) is 6.92 Å². The van der Waals surface area contributed by atoms with E-state index in [2.05, 4.69) is 34.5 Å². The van der Waals surface area contributed by atoms with Gasteiger partial charge < -0.3 is 10.2 Å². The number of rotatable bonds is 7. The number of hydrogen-bond acceptors (Lipinski definition) is 4. The first kappa shape index (κ1) is 21.0. The maximum absolute atomic E-state index is 12.8. The predicted molar refractivity (Wildman–Crippen MR) is 117 cm³/mol. The summed E-state index contributed by atoms with van der Waals surface area (Å²) < 4.78 is 1.90. The smallest absolute Gasteiger partial charge is 0.318 e. The van der Waals surface area contributed by atoms with Gasteiger partial charge in [-0.15, -0.1) is 11.3 Å². The summed E-state index contributed by atoms with van der Waals surface area (Å²) >= 11 is 1.69. The Balaban J connectivity index is 1.61. The summed E-state index contributed by atoms with van der Waals surface area (Å²) in [5.41, 5.74) is 3.19. The molecule has 0 aliphatic carbocycles. The highest BCUT2D eigenvalue weighted by atomic mass is 32.1. The first-order chi connectivity index (χ1) is 13.9. The Morgan fingerprint density at radius 1 is 1.28 bits per heavy atom. The van der Waals surface area contributed by atoms with Crippen LogP contribution in [0.2, 0.25) is 0 Å². The Morgan fingerprint density at radius 3 is 2.66 bits per heavy atom. The molecule has 0 bridgehead atoms. The van der Waals surface area contributed by atoms with E-state index in [4.69, 9.17) is 0 Å². The van der Waals surface area contributed by atoms with Crippen molar-refractivity contribution in [2.75, 3.05) is 7.05 Å². The van der Waals surface area contributed by atoms with Gasteiger partial charge in [-0.2, -0.15) is 5.10 Å². The molecule has 0 fully saturated rings. The number of nitrogens with one attached hydrogen (secondary N) is 1. The van der Waals surface area contributed by atoms with Gasteiger partial charge in [-0.25, -0.2) is 9.78 Å². The molecule has 2 atom stereocenters. The lowest BCUT2D eigenvalue weighted by Crippen LogP contribution is -2.39. The van der Waals surface area contributed by atoms with Crippen molar-refractivity contribution in [3.8, 4) is 0 Å². The highest BCUT2D eigenvalue weighted by molar-refractivity contribution is 7.11. The molecule has 0 saturated carbocycles. The molecule has 1 N–H and O–H groups in total. The third-order valence-electron chi connectivity index (χ3n) is 5.14. The molecule has 0 aliphatic rings. The minimum Gasteiger partial charge on any atom is -0.331 e. The SMILES string of the molecule is CCc1nc(C)c([C@H](C)N(C)C(=O)N[C@H](C)c2cnn(Cc3ccccc3)c2)s1. The van der Waals surface area contributed by atoms with Gasteiger partial charge in [0.1, 0.15) is 0 Å². The van der Waals surface area contributed by atoms with Gasteiger partial charge in [0.05, 0.1) is 35.5 Å². The van der Waals surface area contributed by atoms with Crippen molar-refractivity contribution in [2.45, 2.75) is 52.7 Å². The zero-order valence-corrected chi connectivity index (χ0v) is 18.5. The van der Waals surface area contributed by atoms with Crippen molar-refractivity contribution >= 4 is 17.4 Å². The van der Waals surface area contributed by atoms with Crippen molar-refractivity contribution < 1.29 is 4.79 Å².